The summed E-state index contributed by atoms with van der Waals surface area (Å²) >= 11 is 0. The van der Waals surface area contributed by atoms with Gasteiger partial charge in [0.05, 0.1) is 18.8 Å². The van der Waals surface area contributed by atoms with Gasteiger partial charge in [-0.05, 0) is 37.6 Å². The zero-order chi connectivity index (χ0) is 14.7. The molecule has 0 bridgehead atoms. The molecule has 1 aromatic carbocycles. The van der Waals surface area contributed by atoms with Crippen molar-refractivity contribution in [2.45, 2.75) is 25.4 Å². The number of hydrogen-bond acceptors (Lipinski definition) is 4. The van der Waals surface area contributed by atoms with E-state index in [2.05, 4.69) is 16.0 Å². The summed E-state index contributed by atoms with van der Waals surface area (Å²) in [6.45, 7) is 1.74. The number of hydrogen-bond donors (Lipinski definition) is 1. The molecule has 0 aliphatic carbocycles. The first-order chi connectivity index (χ1) is 10.3. The lowest BCUT2D eigenvalue weighted by atomic mass is 10.1. The van der Waals surface area contributed by atoms with Crippen LogP contribution in [0.15, 0.2) is 42.6 Å². The van der Waals surface area contributed by atoms with Crippen LogP contribution in [-0.2, 0) is 6.54 Å². The van der Waals surface area contributed by atoms with Crippen LogP contribution in [0.2, 0.25) is 0 Å². The van der Waals surface area contributed by atoms with Crippen molar-refractivity contribution in [3.05, 3.63) is 53.9 Å². The van der Waals surface area contributed by atoms with E-state index in [4.69, 9.17) is 4.74 Å². The summed E-state index contributed by atoms with van der Waals surface area (Å²) in [5.74, 6) is 0.771. The minimum atomic E-state index is 0.242. The lowest BCUT2D eigenvalue weighted by molar-refractivity contribution is 0.240. The summed E-state index contributed by atoms with van der Waals surface area (Å²) < 4.78 is 5.18. The summed E-state index contributed by atoms with van der Waals surface area (Å²) in [6.07, 6.45) is 4.11. The van der Waals surface area contributed by atoms with Gasteiger partial charge in [-0.15, -0.1) is 0 Å². The number of phenolic OH excluding ortho intramolecular Hbond substituents is 1. The predicted octanol–water partition coefficient (Wildman–Crippen LogP) is 3.13. The molecule has 0 saturated carbocycles. The Labute approximate surface area is 125 Å². The maximum absolute atomic E-state index is 10.2. The average molecular weight is 284 g/mol. The number of pyridine rings is 1. The highest BCUT2D eigenvalue weighted by Gasteiger charge is 2.27. The maximum atomic E-state index is 10.2. The molecule has 3 rings (SSSR count). The van der Waals surface area contributed by atoms with Crippen molar-refractivity contribution in [3.63, 3.8) is 0 Å². The molecule has 110 valence electrons. The molecule has 21 heavy (non-hydrogen) atoms. The molecule has 4 nitrogen and oxygen atoms in total. The molecule has 0 spiro atoms. The largest absolute Gasteiger partial charge is 0.504 e. The van der Waals surface area contributed by atoms with Gasteiger partial charge in [-0.2, -0.15) is 0 Å². The number of nitrogens with zero attached hydrogens (tertiary/aromatic N) is 2. The fraction of sp³-hybridized carbons (Fsp3) is 0.353. The fourth-order valence-electron chi connectivity index (χ4n) is 3.00. The Balaban J connectivity index is 1.81. The Morgan fingerprint density at radius 3 is 2.95 bits per heavy atom. The molecule has 4 heteroatoms. The van der Waals surface area contributed by atoms with Crippen molar-refractivity contribution >= 4 is 0 Å². The second kappa shape index (κ2) is 6.14. The van der Waals surface area contributed by atoms with E-state index in [1.165, 1.54) is 0 Å². The van der Waals surface area contributed by atoms with Crippen molar-refractivity contribution in [1.82, 2.24) is 9.88 Å². The maximum Gasteiger partial charge on any atom is 0.162 e. The Kier molecular flexibility index (Phi) is 4.06. The van der Waals surface area contributed by atoms with Gasteiger partial charge in [-0.1, -0.05) is 18.2 Å². The molecule has 0 radical (unpaired) electrons. The van der Waals surface area contributed by atoms with Crippen LogP contribution in [0.25, 0.3) is 0 Å². The van der Waals surface area contributed by atoms with E-state index in [-0.39, 0.29) is 5.75 Å². The van der Waals surface area contributed by atoms with E-state index in [1.807, 2.05) is 30.5 Å². The quantitative estimate of drug-likeness (QED) is 0.937. The van der Waals surface area contributed by atoms with Crippen molar-refractivity contribution in [2.75, 3.05) is 13.7 Å². The molecule has 1 fully saturated rings. The third-order valence-corrected chi connectivity index (χ3v) is 4.07. The molecule has 1 saturated heterocycles. The molecule has 2 aromatic rings. The first-order valence-electron chi connectivity index (χ1n) is 7.29. The Morgan fingerprint density at radius 2 is 2.19 bits per heavy atom. The number of likely N-dealkylation sites (tertiary alicyclic amines) is 1. The van der Waals surface area contributed by atoms with Crippen molar-refractivity contribution in [1.29, 1.82) is 0 Å². The second-order valence-corrected chi connectivity index (χ2v) is 5.35. The van der Waals surface area contributed by atoms with Crippen LogP contribution in [0.5, 0.6) is 11.5 Å². The summed E-state index contributed by atoms with van der Waals surface area (Å²) in [5.41, 5.74) is 2.01. The zero-order valence-electron chi connectivity index (χ0n) is 12.2. The summed E-state index contributed by atoms with van der Waals surface area (Å²) in [4.78, 5) is 6.85. The summed E-state index contributed by atoms with van der Waals surface area (Å²) in [5, 5.41) is 10.2. The molecule has 1 aliphatic heterocycles. The molecule has 1 aliphatic rings. The number of aromatic hydroxyl groups is 1. The van der Waals surface area contributed by atoms with Crippen LogP contribution in [0.4, 0.5) is 0 Å². The van der Waals surface area contributed by atoms with E-state index in [1.54, 1.807) is 13.2 Å². The van der Waals surface area contributed by atoms with E-state index < -0.39 is 0 Å². The predicted molar refractivity (Wildman–Crippen MR) is 81.3 cm³/mol. The number of methoxy groups -OCH3 is 1. The van der Waals surface area contributed by atoms with Crippen molar-refractivity contribution < 1.29 is 9.84 Å². The topological polar surface area (TPSA) is 45.6 Å². The minimum absolute atomic E-state index is 0.242. The first-order valence-corrected chi connectivity index (χ1v) is 7.29. The minimum Gasteiger partial charge on any atom is -0.504 e. The monoisotopic (exact) mass is 284 g/mol. The summed E-state index contributed by atoms with van der Waals surface area (Å²) in [6, 6.07) is 12.0. The Hall–Kier alpha value is -2.07. The SMILES string of the molecule is COc1cccc(CN2CCC[C@H]2c2ccccn2)c1O. The van der Waals surface area contributed by atoms with Crippen LogP contribution in [0.3, 0.4) is 0 Å². The molecule has 1 atom stereocenters. The van der Waals surface area contributed by atoms with E-state index in [0.29, 0.717) is 18.3 Å². The van der Waals surface area contributed by atoms with Crippen LogP contribution in [0.1, 0.15) is 30.1 Å². The van der Waals surface area contributed by atoms with Crippen molar-refractivity contribution in [2.24, 2.45) is 0 Å². The van der Waals surface area contributed by atoms with Gasteiger partial charge in [0.25, 0.3) is 0 Å². The van der Waals surface area contributed by atoms with Gasteiger partial charge in [0.1, 0.15) is 0 Å². The third kappa shape index (κ3) is 2.85. The van der Waals surface area contributed by atoms with E-state index in [9.17, 15) is 5.11 Å². The Morgan fingerprint density at radius 1 is 1.29 bits per heavy atom. The Bertz CT molecular complexity index is 601. The third-order valence-electron chi connectivity index (χ3n) is 4.07. The molecular formula is C17H20N2O2. The highest BCUT2D eigenvalue weighted by atomic mass is 16.5. The lowest BCUT2D eigenvalue weighted by Gasteiger charge is -2.24. The molecular weight excluding hydrogens is 264 g/mol. The van der Waals surface area contributed by atoms with Crippen molar-refractivity contribution in [3.8, 4) is 11.5 Å². The molecule has 2 heterocycles. The van der Waals surface area contributed by atoms with Crippen LogP contribution in [-0.4, -0.2) is 28.6 Å². The van der Waals surface area contributed by atoms with E-state index in [0.717, 1.165) is 30.6 Å². The zero-order valence-corrected chi connectivity index (χ0v) is 12.2. The van der Waals surface area contributed by atoms with Gasteiger partial charge in [0, 0.05) is 18.3 Å². The lowest BCUT2D eigenvalue weighted by Crippen LogP contribution is -2.23. The number of rotatable bonds is 4. The standard InChI is InChI=1S/C17H20N2O2/c1-21-16-9-4-6-13(17(16)20)12-19-11-5-8-15(19)14-7-2-3-10-18-14/h2-4,6-7,9-10,15,20H,5,8,11-12H2,1H3/t15-/m0/s1. The van der Waals surface area contributed by atoms with Gasteiger partial charge in [-0.3, -0.25) is 9.88 Å². The van der Waals surface area contributed by atoms with Gasteiger partial charge in [0.2, 0.25) is 0 Å². The highest BCUT2D eigenvalue weighted by Crippen LogP contribution is 2.35. The first kappa shape index (κ1) is 13.9. The molecule has 1 N–H and O–H groups in total. The molecule has 0 unspecified atom stereocenters. The normalized spacial score (nSPS) is 18.8. The number of benzene rings is 1. The van der Waals surface area contributed by atoms with E-state index >= 15 is 0 Å². The number of para-hydroxylation sites is 1. The average Bonchev–Trinajstić information content (AvgIpc) is 2.98. The number of aromatic nitrogens is 1. The number of ether oxygens (including phenoxy) is 1. The number of phenols is 1. The fourth-order valence-corrected chi connectivity index (χ4v) is 3.00. The summed E-state index contributed by atoms with van der Waals surface area (Å²) in [7, 11) is 1.57. The smallest absolute Gasteiger partial charge is 0.162 e. The van der Waals surface area contributed by atoms with Gasteiger partial charge in [-0.25, -0.2) is 0 Å². The second-order valence-electron chi connectivity index (χ2n) is 5.35. The van der Waals surface area contributed by atoms with Gasteiger partial charge >= 0.3 is 0 Å². The highest BCUT2D eigenvalue weighted by molar-refractivity contribution is 5.45. The van der Waals surface area contributed by atoms with Crippen LogP contribution in [0, 0.1) is 0 Å². The van der Waals surface area contributed by atoms with Crippen LogP contribution >= 0.6 is 0 Å². The van der Waals surface area contributed by atoms with Gasteiger partial charge < -0.3 is 9.84 Å². The molecule has 1 aromatic heterocycles. The molecule has 0 amide bonds. The van der Waals surface area contributed by atoms with Crippen LogP contribution < -0.4 is 4.74 Å². The van der Waals surface area contributed by atoms with Gasteiger partial charge in [0.15, 0.2) is 11.5 Å².